The molecule has 2 heterocycles. The summed E-state index contributed by atoms with van der Waals surface area (Å²) < 4.78 is 1.72. The minimum atomic E-state index is -0.172. The molecule has 29 heavy (non-hydrogen) atoms. The molecule has 7 heteroatoms. The van der Waals surface area contributed by atoms with Gasteiger partial charge in [-0.25, -0.2) is 9.78 Å². The van der Waals surface area contributed by atoms with E-state index in [-0.39, 0.29) is 17.6 Å². The predicted octanol–water partition coefficient (Wildman–Crippen LogP) is 4.54. The van der Waals surface area contributed by atoms with Crippen molar-refractivity contribution in [3.63, 3.8) is 0 Å². The van der Waals surface area contributed by atoms with Gasteiger partial charge in [0.2, 0.25) is 0 Å². The fourth-order valence-electron chi connectivity index (χ4n) is 3.77. The first-order chi connectivity index (χ1) is 13.9. The van der Waals surface area contributed by atoms with Crippen molar-refractivity contribution < 1.29 is 4.79 Å². The van der Waals surface area contributed by atoms with Gasteiger partial charge in [-0.2, -0.15) is 0 Å². The standard InChI is InChI=1S/C22H23ClN4O2/c1-14-3-5-19-17(11-14)21(28)27(13-24-19)16-7-9-26(10-8-16)22(29)25-20-6-4-15(2)12-18(20)23/h3-6,11-13,16H,7-10H2,1-2H3,(H,25,29). The molecule has 0 aliphatic carbocycles. The average molecular weight is 411 g/mol. The Balaban J connectivity index is 1.45. The summed E-state index contributed by atoms with van der Waals surface area (Å²) in [6.07, 6.45) is 3.04. The molecule has 0 radical (unpaired) electrons. The van der Waals surface area contributed by atoms with Crippen molar-refractivity contribution in [2.45, 2.75) is 32.7 Å². The van der Waals surface area contributed by atoms with Gasteiger partial charge in [-0.3, -0.25) is 9.36 Å². The number of anilines is 1. The molecule has 0 spiro atoms. The molecule has 4 rings (SSSR count). The van der Waals surface area contributed by atoms with Crippen molar-refractivity contribution in [1.29, 1.82) is 0 Å². The van der Waals surface area contributed by atoms with Crippen LogP contribution in [0.2, 0.25) is 5.02 Å². The molecule has 1 aliphatic heterocycles. The molecule has 3 aromatic rings. The lowest BCUT2D eigenvalue weighted by Crippen LogP contribution is -2.42. The van der Waals surface area contributed by atoms with Gasteiger partial charge < -0.3 is 10.2 Å². The van der Waals surface area contributed by atoms with Gasteiger partial charge in [0, 0.05) is 19.1 Å². The van der Waals surface area contributed by atoms with E-state index in [1.54, 1.807) is 15.8 Å². The Kier molecular flexibility index (Phi) is 5.28. The Hall–Kier alpha value is -2.86. The number of nitrogens with zero attached hydrogens (tertiary/aromatic N) is 3. The second-order valence-electron chi connectivity index (χ2n) is 7.61. The summed E-state index contributed by atoms with van der Waals surface area (Å²) in [4.78, 5) is 31.7. The quantitative estimate of drug-likeness (QED) is 0.674. The van der Waals surface area contributed by atoms with Crippen LogP contribution in [-0.4, -0.2) is 33.6 Å². The molecule has 0 atom stereocenters. The minimum absolute atomic E-state index is 0.0203. The number of fused-ring (bicyclic) bond motifs is 1. The molecule has 0 saturated carbocycles. The van der Waals surface area contributed by atoms with E-state index in [9.17, 15) is 9.59 Å². The van der Waals surface area contributed by atoms with E-state index in [1.807, 2.05) is 50.2 Å². The second kappa shape index (κ2) is 7.87. The van der Waals surface area contributed by atoms with Crippen molar-refractivity contribution in [2.24, 2.45) is 0 Å². The van der Waals surface area contributed by atoms with Crippen LogP contribution in [-0.2, 0) is 0 Å². The molecule has 2 amide bonds. The number of benzene rings is 2. The third-order valence-corrected chi connectivity index (χ3v) is 5.76. The Morgan fingerprint density at radius 3 is 2.52 bits per heavy atom. The second-order valence-corrected chi connectivity index (χ2v) is 8.02. The number of halogens is 1. The molecule has 150 valence electrons. The largest absolute Gasteiger partial charge is 0.324 e. The van der Waals surface area contributed by atoms with Crippen molar-refractivity contribution in [3.8, 4) is 0 Å². The molecule has 2 aromatic carbocycles. The minimum Gasteiger partial charge on any atom is -0.324 e. The third-order valence-electron chi connectivity index (χ3n) is 5.45. The number of likely N-dealkylation sites (tertiary alicyclic amines) is 1. The fourth-order valence-corrected chi connectivity index (χ4v) is 4.06. The van der Waals surface area contributed by atoms with Gasteiger partial charge in [0.05, 0.1) is 27.9 Å². The Labute approximate surface area is 174 Å². The monoisotopic (exact) mass is 410 g/mol. The lowest BCUT2D eigenvalue weighted by molar-refractivity contribution is 0.182. The number of aryl methyl sites for hydroxylation is 2. The van der Waals surface area contributed by atoms with E-state index in [2.05, 4.69) is 10.3 Å². The number of hydrogen-bond acceptors (Lipinski definition) is 3. The molecule has 1 fully saturated rings. The van der Waals surface area contributed by atoms with Crippen LogP contribution in [0.4, 0.5) is 10.5 Å². The summed E-state index contributed by atoms with van der Waals surface area (Å²) in [5, 5.41) is 4.04. The van der Waals surface area contributed by atoms with E-state index in [4.69, 9.17) is 11.6 Å². The summed E-state index contributed by atoms with van der Waals surface area (Å²) in [5.74, 6) is 0. The highest BCUT2D eigenvalue weighted by Gasteiger charge is 2.25. The molecular weight excluding hydrogens is 388 g/mol. The molecule has 1 N–H and O–H groups in total. The topological polar surface area (TPSA) is 67.2 Å². The van der Waals surface area contributed by atoms with E-state index < -0.39 is 0 Å². The first-order valence-corrected chi connectivity index (χ1v) is 10.1. The highest BCUT2D eigenvalue weighted by atomic mass is 35.5. The van der Waals surface area contributed by atoms with Crippen LogP contribution >= 0.6 is 11.6 Å². The van der Waals surface area contributed by atoms with E-state index >= 15 is 0 Å². The van der Waals surface area contributed by atoms with E-state index in [1.165, 1.54) is 0 Å². The van der Waals surface area contributed by atoms with Crippen molar-refractivity contribution >= 4 is 34.2 Å². The molecule has 0 unspecified atom stereocenters. The number of amides is 2. The number of rotatable bonds is 2. The number of piperidine rings is 1. The smallest absolute Gasteiger partial charge is 0.321 e. The zero-order chi connectivity index (χ0) is 20.5. The van der Waals surface area contributed by atoms with Gasteiger partial charge in [0.1, 0.15) is 0 Å². The molecule has 0 bridgehead atoms. The SMILES string of the molecule is Cc1ccc(NC(=O)N2CCC(n3cnc4ccc(C)cc4c3=O)CC2)c(Cl)c1. The van der Waals surface area contributed by atoms with Crippen LogP contribution < -0.4 is 10.9 Å². The number of aromatic nitrogens is 2. The van der Waals surface area contributed by atoms with Crippen LogP contribution in [0.25, 0.3) is 10.9 Å². The van der Waals surface area contributed by atoms with Gasteiger partial charge in [0.25, 0.3) is 5.56 Å². The zero-order valence-corrected chi connectivity index (χ0v) is 17.2. The Morgan fingerprint density at radius 2 is 1.79 bits per heavy atom. The van der Waals surface area contributed by atoms with Crippen LogP contribution in [0, 0.1) is 13.8 Å². The number of nitrogens with one attached hydrogen (secondary N) is 1. The third kappa shape index (κ3) is 3.98. The molecular formula is C22H23ClN4O2. The van der Waals surface area contributed by atoms with Crippen LogP contribution in [0.15, 0.2) is 47.5 Å². The average Bonchev–Trinajstić information content (AvgIpc) is 2.71. The van der Waals surface area contributed by atoms with Gasteiger partial charge >= 0.3 is 6.03 Å². The van der Waals surface area contributed by atoms with Gasteiger partial charge in [0.15, 0.2) is 0 Å². The van der Waals surface area contributed by atoms with Gasteiger partial charge in [-0.15, -0.1) is 0 Å². The van der Waals surface area contributed by atoms with Crippen LogP contribution in [0.5, 0.6) is 0 Å². The first-order valence-electron chi connectivity index (χ1n) is 9.72. The highest BCUT2D eigenvalue weighted by molar-refractivity contribution is 6.33. The predicted molar refractivity (Wildman–Crippen MR) is 116 cm³/mol. The Morgan fingerprint density at radius 1 is 1.10 bits per heavy atom. The van der Waals surface area contributed by atoms with Gasteiger partial charge in [-0.1, -0.05) is 29.3 Å². The maximum Gasteiger partial charge on any atom is 0.321 e. The van der Waals surface area contributed by atoms with Gasteiger partial charge in [-0.05, 0) is 56.5 Å². The van der Waals surface area contributed by atoms with Crippen molar-refractivity contribution in [1.82, 2.24) is 14.5 Å². The normalized spacial score (nSPS) is 14.9. The van der Waals surface area contributed by atoms with E-state index in [0.29, 0.717) is 47.5 Å². The number of carbonyl (C=O) groups is 1. The summed E-state index contributed by atoms with van der Waals surface area (Å²) in [7, 11) is 0. The number of urea groups is 1. The number of carbonyl (C=O) groups excluding carboxylic acids is 1. The fraction of sp³-hybridized carbons (Fsp3) is 0.318. The molecule has 1 saturated heterocycles. The van der Waals surface area contributed by atoms with Crippen LogP contribution in [0.1, 0.15) is 30.0 Å². The molecule has 1 aromatic heterocycles. The lowest BCUT2D eigenvalue weighted by Gasteiger charge is -2.32. The summed E-state index contributed by atoms with van der Waals surface area (Å²) in [6, 6.07) is 11.1. The summed E-state index contributed by atoms with van der Waals surface area (Å²) in [5.41, 5.74) is 3.38. The van der Waals surface area contributed by atoms with E-state index in [0.717, 1.165) is 11.1 Å². The lowest BCUT2D eigenvalue weighted by atomic mass is 10.0. The molecule has 6 nitrogen and oxygen atoms in total. The highest BCUT2D eigenvalue weighted by Crippen LogP contribution is 2.25. The zero-order valence-electron chi connectivity index (χ0n) is 16.5. The maximum absolute atomic E-state index is 12.9. The summed E-state index contributed by atoms with van der Waals surface area (Å²) in [6.45, 7) is 5.05. The molecule has 1 aliphatic rings. The Bertz CT molecular complexity index is 1130. The van der Waals surface area contributed by atoms with Crippen molar-refractivity contribution in [2.75, 3.05) is 18.4 Å². The van der Waals surface area contributed by atoms with Crippen molar-refractivity contribution in [3.05, 3.63) is 69.2 Å². The van der Waals surface area contributed by atoms with Crippen LogP contribution in [0.3, 0.4) is 0 Å². The summed E-state index contributed by atoms with van der Waals surface area (Å²) >= 11 is 6.21. The number of hydrogen-bond donors (Lipinski definition) is 1. The maximum atomic E-state index is 12.9. The first kappa shape index (κ1) is 19.5.